The Balaban J connectivity index is 1.63. The molecular formula is C19H25ClN2O4. The first-order chi connectivity index (χ1) is 12.3. The number of methoxy groups -OCH3 is 1. The van der Waals surface area contributed by atoms with Gasteiger partial charge in [0.05, 0.1) is 17.6 Å². The smallest absolute Gasteiger partial charge is 0.227 e. The van der Waals surface area contributed by atoms with Crippen LogP contribution in [0.3, 0.4) is 0 Å². The van der Waals surface area contributed by atoms with Gasteiger partial charge in [-0.1, -0.05) is 23.7 Å². The molecule has 1 aliphatic heterocycles. The summed E-state index contributed by atoms with van der Waals surface area (Å²) in [5, 5.41) is 10.5. The summed E-state index contributed by atoms with van der Waals surface area (Å²) in [6.07, 6.45) is 1.36. The standard InChI is InChI=1S/C19H25ClN2O4/c1-26-16-8-13(4-7-15(16)23)17(24)22-10-19(11-22,18(21)25)9-12-2-5-14(20)6-3-12/h2-3,5-6,13,15-16,23H,4,7-11H2,1H3,(H2,21,25)/t13-,15+,16-/m0/s1. The van der Waals surface area contributed by atoms with E-state index in [-0.39, 0.29) is 23.8 Å². The van der Waals surface area contributed by atoms with Crippen molar-refractivity contribution in [3.63, 3.8) is 0 Å². The first-order valence-electron chi connectivity index (χ1n) is 8.88. The van der Waals surface area contributed by atoms with Crippen molar-refractivity contribution < 1.29 is 19.4 Å². The van der Waals surface area contributed by atoms with E-state index in [1.807, 2.05) is 12.1 Å². The van der Waals surface area contributed by atoms with Gasteiger partial charge in [0.25, 0.3) is 0 Å². The number of aliphatic hydroxyl groups is 1. The van der Waals surface area contributed by atoms with Gasteiger partial charge in [-0.05, 0) is 43.4 Å². The Morgan fingerprint density at radius 3 is 2.54 bits per heavy atom. The summed E-state index contributed by atoms with van der Waals surface area (Å²) >= 11 is 5.91. The monoisotopic (exact) mass is 380 g/mol. The van der Waals surface area contributed by atoms with Crippen molar-refractivity contribution in [1.29, 1.82) is 0 Å². The highest BCUT2D eigenvalue weighted by atomic mass is 35.5. The number of benzene rings is 1. The second-order valence-electron chi connectivity index (χ2n) is 7.49. The maximum absolute atomic E-state index is 12.8. The lowest BCUT2D eigenvalue weighted by Crippen LogP contribution is -2.66. The Labute approximate surface area is 158 Å². The predicted octanol–water partition coefficient (Wildman–Crippen LogP) is 1.37. The van der Waals surface area contributed by atoms with E-state index in [0.29, 0.717) is 43.8 Å². The summed E-state index contributed by atoms with van der Waals surface area (Å²) in [5.41, 5.74) is 5.91. The van der Waals surface area contributed by atoms with Crippen molar-refractivity contribution in [3.05, 3.63) is 34.9 Å². The van der Waals surface area contributed by atoms with Crippen LogP contribution in [0.25, 0.3) is 0 Å². The summed E-state index contributed by atoms with van der Waals surface area (Å²) in [5.74, 6) is -0.540. The molecule has 0 unspecified atom stereocenters. The molecule has 0 radical (unpaired) electrons. The zero-order valence-corrected chi connectivity index (χ0v) is 15.6. The molecule has 1 heterocycles. The molecule has 1 aromatic carbocycles. The third-order valence-electron chi connectivity index (χ3n) is 5.69. The average Bonchev–Trinajstić information content (AvgIpc) is 2.59. The van der Waals surface area contributed by atoms with Crippen LogP contribution in [0.15, 0.2) is 24.3 Å². The SMILES string of the molecule is CO[C@H]1C[C@@H](C(=O)N2CC(Cc3ccc(Cl)cc3)(C(N)=O)C2)CC[C@H]1O. The van der Waals surface area contributed by atoms with E-state index in [0.717, 1.165) is 5.56 Å². The van der Waals surface area contributed by atoms with Gasteiger partial charge >= 0.3 is 0 Å². The molecule has 1 aromatic rings. The zero-order chi connectivity index (χ0) is 18.9. The number of amides is 2. The van der Waals surface area contributed by atoms with Crippen LogP contribution < -0.4 is 5.73 Å². The number of primary amides is 1. The molecule has 1 aliphatic carbocycles. The van der Waals surface area contributed by atoms with Gasteiger partial charge in [0.15, 0.2) is 0 Å². The largest absolute Gasteiger partial charge is 0.390 e. The lowest BCUT2D eigenvalue weighted by atomic mass is 9.73. The molecule has 1 saturated carbocycles. The van der Waals surface area contributed by atoms with Gasteiger partial charge in [0.2, 0.25) is 11.8 Å². The van der Waals surface area contributed by atoms with E-state index >= 15 is 0 Å². The fourth-order valence-corrected chi connectivity index (χ4v) is 4.16. The molecule has 2 fully saturated rings. The third kappa shape index (κ3) is 3.72. The molecule has 7 heteroatoms. The molecule has 1 saturated heterocycles. The van der Waals surface area contributed by atoms with E-state index in [9.17, 15) is 14.7 Å². The minimum atomic E-state index is -0.724. The van der Waals surface area contributed by atoms with Crippen LogP contribution in [-0.2, 0) is 20.7 Å². The molecule has 3 N–H and O–H groups in total. The van der Waals surface area contributed by atoms with Crippen LogP contribution in [0.2, 0.25) is 5.02 Å². The molecule has 0 bridgehead atoms. The number of carbonyl (C=O) groups is 2. The molecule has 2 aliphatic rings. The number of aliphatic hydroxyl groups excluding tert-OH is 1. The van der Waals surface area contributed by atoms with Gasteiger partial charge in [-0.3, -0.25) is 9.59 Å². The minimum absolute atomic E-state index is 0.0203. The van der Waals surface area contributed by atoms with Crippen LogP contribution in [-0.4, -0.2) is 54.2 Å². The Bertz CT molecular complexity index is 673. The molecule has 2 amide bonds. The molecule has 3 rings (SSSR count). The predicted molar refractivity (Wildman–Crippen MR) is 97.5 cm³/mol. The molecule has 6 nitrogen and oxygen atoms in total. The Kier molecular flexibility index (Phi) is 5.55. The lowest BCUT2D eigenvalue weighted by Gasteiger charge is -2.49. The number of likely N-dealkylation sites (tertiary alicyclic amines) is 1. The molecular weight excluding hydrogens is 356 g/mol. The van der Waals surface area contributed by atoms with Crippen molar-refractivity contribution in [2.24, 2.45) is 17.1 Å². The van der Waals surface area contributed by atoms with E-state index < -0.39 is 11.5 Å². The van der Waals surface area contributed by atoms with Crippen LogP contribution in [0.4, 0.5) is 0 Å². The highest BCUT2D eigenvalue weighted by molar-refractivity contribution is 6.30. The van der Waals surface area contributed by atoms with Gasteiger partial charge < -0.3 is 20.5 Å². The number of ether oxygens (including phenoxy) is 1. The van der Waals surface area contributed by atoms with E-state index in [2.05, 4.69) is 0 Å². The minimum Gasteiger partial charge on any atom is -0.390 e. The van der Waals surface area contributed by atoms with Crippen molar-refractivity contribution in [2.75, 3.05) is 20.2 Å². The number of halogens is 1. The van der Waals surface area contributed by atoms with Gasteiger partial charge in [0.1, 0.15) is 0 Å². The van der Waals surface area contributed by atoms with E-state index in [1.165, 1.54) is 0 Å². The van der Waals surface area contributed by atoms with Crippen LogP contribution >= 0.6 is 11.6 Å². The number of rotatable bonds is 5. The van der Waals surface area contributed by atoms with Crippen LogP contribution in [0.1, 0.15) is 24.8 Å². The third-order valence-corrected chi connectivity index (χ3v) is 5.94. The number of hydrogen-bond donors (Lipinski definition) is 2. The van der Waals surface area contributed by atoms with Crippen molar-refractivity contribution >= 4 is 23.4 Å². The highest BCUT2D eigenvalue weighted by Gasteiger charge is 2.51. The molecule has 26 heavy (non-hydrogen) atoms. The molecule has 0 aromatic heterocycles. The Morgan fingerprint density at radius 2 is 1.96 bits per heavy atom. The number of hydrogen-bond acceptors (Lipinski definition) is 4. The number of carbonyl (C=O) groups excluding carboxylic acids is 2. The Hall–Kier alpha value is -1.63. The topological polar surface area (TPSA) is 92.9 Å². The van der Waals surface area contributed by atoms with E-state index in [1.54, 1.807) is 24.1 Å². The fourth-order valence-electron chi connectivity index (χ4n) is 4.04. The van der Waals surface area contributed by atoms with Crippen molar-refractivity contribution in [3.8, 4) is 0 Å². The maximum atomic E-state index is 12.8. The van der Waals surface area contributed by atoms with Crippen molar-refractivity contribution in [2.45, 2.75) is 37.9 Å². The normalized spacial score (nSPS) is 27.7. The van der Waals surface area contributed by atoms with E-state index in [4.69, 9.17) is 22.1 Å². The Morgan fingerprint density at radius 1 is 1.31 bits per heavy atom. The average molecular weight is 381 g/mol. The second-order valence-corrected chi connectivity index (χ2v) is 7.93. The molecule has 0 spiro atoms. The van der Waals surface area contributed by atoms with Gasteiger partial charge in [-0.2, -0.15) is 0 Å². The van der Waals surface area contributed by atoms with Crippen molar-refractivity contribution in [1.82, 2.24) is 4.90 Å². The maximum Gasteiger partial charge on any atom is 0.227 e. The summed E-state index contributed by atoms with van der Waals surface area (Å²) < 4.78 is 5.28. The molecule has 3 atom stereocenters. The zero-order valence-electron chi connectivity index (χ0n) is 14.9. The van der Waals surface area contributed by atoms with Gasteiger partial charge in [0, 0.05) is 31.1 Å². The van der Waals surface area contributed by atoms with Gasteiger partial charge in [-0.15, -0.1) is 0 Å². The highest BCUT2D eigenvalue weighted by Crippen LogP contribution is 2.37. The number of nitrogens with two attached hydrogens (primary N) is 1. The second kappa shape index (κ2) is 7.55. The number of nitrogens with zero attached hydrogens (tertiary/aromatic N) is 1. The van der Waals surface area contributed by atoms with Crippen LogP contribution in [0.5, 0.6) is 0 Å². The van der Waals surface area contributed by atoms with Gasteiger partial charge in [-0.25, -0.2) is 0 Å². The fraction of sp³-hybridized carbons (Fsp3) is 0.579. The summed E-state index contributed by atoms with van der Waals surface area (Å²) in [4.78, 5) is 26.5. The quantitative estimate of drug-likeness (QED) is 0.806. The van der Waals surface area contributed by atoms with Crippen LogP contribution in [0, 0.1) is 11.3 Å². The summed E-state index contributed by atoms with van der Waals surface area (Å²) in [6.45, 7) is 0.668. The lowest BCUT2D eigenvalue weighted by molar-refractivity contribution is -0.158. The molecule has 142 valence electrons. The summed E-state index contributed by atoms with van der Waals surface area (Å²) in [6, 6.07) is 7.32. The summed E-state index contributed by atoms with van der Waals surface area (Å²) in [7, 11) is 1.55. The first-order valence-corrected chi connectivity index (χ1v) is 9.26. The first kappa shape index (κ1) is 19.1.